The topological polar surface area (TPSA) is 35.6 Å². The number of hydrogen-bond donors (Lipinski definition) is 1. The Morgan fingerprint density at radius 3 is 2.70 bits per heavy atom. The summed E-state index contributed by atoms with van der Waals surface area (Å²) in [5.41, 5.74) is 2.81. The van der Waals surface area contributed by atoms with Crippen molar-refractivity contribution in [2.45, 2.75) is 32.2 Å². The van der Waals surface area contributed by atoms with Crippen LogP contribution in [0, 0.1) is 6.92 Å². The van der Waals surface area contributed by atoms with E-state index in [4.69, 9.17) is 0 Å². The van der Waals surface area contributed by atoms with Gasteiger partial charge in [0, 0.05) is 45.2 Å². The standard InChI is InChI=1S/C18H27N3O.ClH/c1-15-5-2-3-6-16(15)17-7-4-11-20(17)12-8-18(22)21-13-9-19-10-14-21;/h2-3,5-6,17,19H,4,7-14H2,1H3;1H. The summed E-state index contributed by atoms with van der Waals surface area (Å²) in [6.45, 7) is 7.79. The molecule has 1 aromatic carbocycles. The predicted molar refractivity (Wildman–Crippen MR) is 96.0 cm³/mol. The van der Waals surface area contributed by atoms with Gasteiger partial charge in [-0.15, -0.1) is 12.4 Å². The van der Waals surface area contributed by atoms with Crippen LogP contribution in [0.15, 0.2) is 24.3 Å². The number of nitrogens with one attached hydrogen (secondary N) is 1. The van der Waals surface area contributed by atoms with Crippen LogP contribution in [0.5, 0.6) is 0 Å². The molecule has 2 aliphatic heterocycles. The zero-order valence-electron chi connectivity index (χ0n) is 14.0. The Hall–Kier alpha value is -1.10. The SMILES string of the molecule is Cc1ccccc1C1CCCN1CCC(=O)N1CCNCC1.Cl. The summed E-state index contributed by atoms with van der Waals surface area (Å²) in [6.07, 6.45) is 3.11. The van der Waals surface area contributed by atoms with Crippen molar-refractivity contribution in [1.82, 2.24) is 15.1 Å². The fourth-order valence-electron chi connectivity index (χ4n) is 3.72. The maximum atomic E-state index is 12.3. The first-order valence-corrected chi connectivity index (χ1v) is 8.54. The predicted octanol–water partition coefficient (Wildman–Crippen LogP) is 2.38. The van der Waals surface area contributed by atoms with Crippen molar-refractivity contribution in [3.8, 4) is 0 Å². The summed E-state index contributed by atoms with van der Waals surface area (Å²) in [5.74, 6) is 0.317. The van der Waals surface area contributed by atoms with Crippen LogP contribution in [0.25, 0.3) is 0 Å². The molecule has 2 fully saturated rings. The van der Waals surface area contributed by atoms with Gasteiger partial charge in [-0.3, -0.25) is 9.69 Å². The molecule has 1 amide bonds. The second kappa shape index (κ2) is 8.67. The number of rotatable bonds is 4. The molecule has 1 aromatic rings. The van der Waals surface area contributed by atoms with E-state index in [9.17, 15) is 4.79 Å². The average Bonchev–Trinajstić information content (AvgIpc) is 3.02. The zero-order chi connectivity index (χ0) is 15.4. The minimum absolute atomic E-state index is 0. The maximum Gasteiger partial charge on any atom is 0.223 e. The fourth-order valence-corrected chi connectivity index (χ4v) is 3.72. The first kappa shape index (κ1) is 18.2. The van der Waals surface area contributed by atoms with E-state index in [2.05, 4.69) is 41.4 Å². The van der Waals surface area contributed by atoms with Crippen molar-refractivity contribution >= 4 is 18.3 Å². The molecule has 1 atom stereocenters. The van der Waals surface area contributed by atoms with Gasteiger partial charge < -0.3 is 10.2 Å². The van der Waals surface area contributed by atoms with Gasteiger partial charge in [-0.05, 0) is 37.4 Å². The van der Waals surface area contributed by atoms with Gasteiger partial charge in [0.15, 0.2) is 0 Å². The highest BCUT2D eigenvalue weighted by Gasteiger charge is 2.27. The second-order valence-corrected chi connectivity index (χ2v) is 6.43. The smallest absolute Gasteiger partial charge is 0.223 e. The van der Waals surface area contributed by atoms with Crippen LogP contribution in [0.4, 0.5) is 0 Å². The first-order chi connectivity index (χ1) is 10.8. The van der Waals surface area contributed by atoms with Gasteiger partial charge in [0.2, 0.25) is 5.91 Å². The minimum atomic E-state index is 0. The monoisotopic (exact) mass is 337 g/mol. The summed E-state index contributed by atoms with van der Waals surface area (Å²) >= 11 is 0. The molecule has 23 heavy (non-hydrogen) atoms. The number of halogens is 1. The third-order valence-electron chi connectivity index (χ3n) is 4.99. The summed E-state index contributed by atoms with van der Waals surface area (Å²) in [7, 11) is 0. The molecule has 0 aromatic heterocycles. The highest BCUT2D eigenvalue weighted by Crippen LogP contribution is 2.33. The van der Waals surface area contributed by atoms with Crippen molar-refractivity contribution < 1.29 is 4.79 Å². The van der Waals surface area contributed by atoms with Crippen LogP contribution in [-0.2, 0) is 4.79 Å². The average molecular weight is 338 g/mol. The van der Waals surface area contributed by atoms with Crippen molar-refractivity contribution in [2.24, 2.45) is 0 Å². The maximum absolute atomic E-state index is 12.3. The molecule has 2 heterocycles. The molecule has 2 saturated heterocycles. The van der Waals surface area contributed by atoms with E-state index >= 15 is 0 Å². The molecule has 0 aliphatic carbocycles. The zero-order valence-corrected chi connectivity index (χ0v) is 14.8. The van der Waals surface area contributed by atoms with E-state index in [1.165, 1.54) is 24.0 Å². The Morgan fingerprint density at radius 1 is 1.22 bits per heavy atom. The van der Waals surface area contributed by atoms with Crippen LogP contribution >= 0.6 is 12.4 Å². The Bertz CT molecular complexity index is 517. The molecular weight excluding hydrogens is 310 g/mol. The van der Waals surface area contributed by atoms with Crippen LogP contribution in [-0.4, -0.2) is 55.0 Å². The molecule has 3 rings (SSSR count). The van der Waals surface area contributed by atoms with Gasteiger partial charge in [0.05, 0.1) is 0 Å². The molecule has 1 N–H and O–H groups in total. The molecule has 0 spiro atoms. The van der Waals surface area contributed by atoms with Gasteiger partial charge in [0.1, 0.15) is 0 Å². The van der Waals surface area contributed by atoms with Crippen molar-refractivity contribution in [1.29, 1.82) is 0 Å². The summed E-state index contributed by atoms with van der Waals surface area (Å²) < 4.78 is 0. The van der Waals surface area contributed by atoms with Gasteiger partial charge in [0.25, 0.3) is 0 Å². The third-order valence-corrected chi connectivity index (χ3v) is 4.99. The molecule has 4 nitrogen and oxygen atoms in total. The molecular formula is C18H28ClN3O. The number of nitrogens with zero attached hydrogens (tertiary/aromatic N) is 2. The lowest BCUT2D eigenvalue weighted by atomic mass is 9.99. The third kappa shape index (κ3) is 4.46. The van der Waals surface area contributed by atoms with E-state index in [0.29, 0.717) is 18.4 Å². The second-order valence-electron chi connectivity index (χ2n) is 6.43. The highest BCUT2D eigenvalue weighted by molar-refractivity contribution is 5.85. The Kier molecular flexibility index (Phi) is 6.88. The number of likely N-dealkylation sites (tertiary alicyclic amines) is 1. The number of hydrogen-bond acceptors (Lipinski definition) is 3. The number of piperazine rings is 1. The summed E-state index contributed by atoms with van der Waals surface area (Å²) in [4.78, 5) is 16.8. The van der Waals surface area contributed by atoms with Gasteiger partial charge in [-0.25, -0.2) is 0 Å². The largest absolute Gasteiger partial charge is 0.340 e. The van der Waals surface area contributed by atoms with Gasteiger partial charge >= 0.3 is 0 Å². The molecule has 0 saturated carbocycles. The molecule has 128 valence electrons. The lowest BCUT2D eigenvalue weighted by molar-refractivity contribution is -0.132. The highest BCUT2D eigenvalue weighted by atomic mass is 35.5. The first-order valence-electron chi connectivity index (χ1n) is 8.54. The lowest BCUT2D eigenvalue weighted by Crippen LogP contribution is -2.47. The van der Waals surface area contributed by atoms with Crippen molar-refractivity contribution in [3.63, 3.8) is 0 Å². The molecule has 1 unspecified atom stereocenters. The van der Waals surface area contributed by atoms with Gasteiger partial charge in [-0.1, -0.05) is 24.3 Å². The van der Waals surface area contributed by atoms with E-state index in [1.807, 2.05) is 4.90 Å². The van der Waals surface area contributed by atoms with Crippen LogP contribution in [0.1, 0.15) is 36.4 Å². The van der Waals surface area contributed by atoms with Crippen LogP contribution in [0.3, 0.4) is 0 Å². The van der Waals surface area contributed by atoms with Crippen molar-refractivity contribution in [2.75, 3.05) is 39.3 Å². The quantitative estimate of drug-likeness (QED) is 0.916. The van der Waals surface area contributed by atoms with E-state index in [1.54, 1.807) is 0 Å². The Labute approximate surface area is 145 Å². The normalized spacial score (nSPS) is 22.0. The molecule has 2 aliphatic rings. The van der Waals surface area contributed by atoms with E-state index < -0.39 is 0 Å². The fraction of sp³-hybridized carbons (Fsp3) is 0.611. The van der Waals surface area contributed by atoms with E-state index in [0.717, 1.165) is 39.3 Å². The number of amides is 1. The van der Waals surface area contributed by atoms with Crippen molar-refractivity contribution in [3.05, 3.63) is 35.4 Å². The number of carbonyl (C=O) groups excluding carboxylic acids is 1. The number of benzene rings is 1. The number of aryl methyl sites for hydroxylation is 1. The number of carbonyl (C=O) groups is 1. The van der Waals surface area contributed by atoms with E-state index in [-0.39, 0.29) is 12.4 Å². The molecule has 0 bridgehead atoms. The molecule has 5 heteroatoms. The molecule has 0 radical (unpaired) electrons. The summed E-state index contributed by atoms with van der Waals surface area (Å²) in [5, 5.41) is 3.30. The van der Waals surface area contributed by atoms with Crippen LogP contribution in [0.2, 0.25) is 0 Å². The Morgan fingerprint density at radius 2 is 1.96 bits per heavy atom. The minimum Gasteiger partial charge on any atom is -0.340 e. The Balaban J connectivity index is 0.00000192. The summed E-state index contributed by atoms with van der Waals surface area (Å²) in [6, 6.07) is 9.17. The lowest BCUT2D eigenvalue weighted by Gasteiger charge is -2.30. The van der Waals surface area contributed by atoms with Gasteiger partial charge in [-0.2, -0.15) is 0 Å². The van der Waals surface area contributed by atoms with Crippen LogP contribution < -0.4 is 5.32 Å².